The van der Waals surface area contributed by atoms with Gasteiger partial charge in [0.1, 0.15) is 0 Å². The second-order valence-corrected chi connectivity index (χ2v) is 15.1. The van der Waals surface area contributed by atoms with Gasteiger partial charge in [-0.2, -0.15) is 0 Å². The molecule has 0 heterocycles. The first-order valence-electron chi connectivity index (χ1n) is 9.04. The number of ketones is 1. The van der Waals surface area contributed by atoms with Gasteiger partial charge in [-0.15, -0.1) is 0 Å². The second-order valence-electron chi connectivity index (χ2n) is 8.92. The van der Waals surface area contributed by atoms with Gasteiger partial charge in [0, 0.05) is 18.4 Å². The van der Waals surface area contributed by atoms with Crippen LogP contribution in [0.2, 0.25) is 18.1 Å². The molecule has 2 saturated carbocycles. The van der Waals surface area contributed by atoms with Gasteiger partial charge in [-0.3, -0.25) is 4.79 Å². The van der Waals surface area contributed by atoms with E-state index in [1.54, 1.807) is 0 Å². The summed E-state index contributed by atoms with van der Waals surface area (Å²) in [6.45, 7) is 12.3. The summed E-state index contributed by atoms with van der Waals surface area (Å²) in [5.41, 5.74) is 0. The van der Waals surface area contributed by atoms with Crippen molar-refractivity contribution in [2.45, 2.75) is 81.8 Å². The Kier molecular flexibility index (Phi) is 5.99. The van der Waals surface area contributed by atoms with Crippen molar-refractivity contribution in [2.24, 2.45) is 17.8 Å². The fraction of sp³-hybridized carbons (Fsp3) is 0.944. The molecule has 0 saturated heterocycles. The maximum absolute atomic E-state index is 11.8. The molecule has 0 aromatic carbocycles. The molecule has 2 nitrogen and oxygen atoms in total. The highest BCUT2D eigenvalue weighted by molar-refractivity contribution is 6.74. The summed E-state index contributed by atoms with van der Waals surface area (Å²) in [6, 6.07) is 0. The normalized spacial score (nSPS) is 30.2. The Hall–Kier alpha value is 0.427. The van der Waals surface area contributed by atoms with Crippen molar-refractivity contribution >= 4 is 37.3 Å². The first-order chi connectivity index (χ1) is 10.5. The zero-order chi connectivity index (χ0) is 17.5. The average Bonchev–Trinajstić information content (AvgIpc) is 2.83. The molecule has 0 radical (unpaired) electrons. The van der Waals surface area contributed by atoms with Crippen molar-refractivity contribution < 1.29 is 9.22 Å². The van der Waals surface area contributed by atoms with E-state index in [4.69, 9.17) is 27.6 Å². The number of unbranched alkanes of at least 4 members (excludes halogenated alkanes) is 2. The molecular weight excluding hydrogens is 347 g/mol. The summed E-state index contributed by atoms with van der Waals surface area (Å²) < 4.78 is 5.13. The van der Waals surface area contributed by atoms with Crippen LogP contribution in [0.25, 0.3) is 0 Å². The highest BCUT2D eigenvalue weighted by Gasteiger charge is 2.64. The summed E-state index contributed by atoms with van der Waals surface area (Å²) in [6.07, 6.45) is 6.75. The van der Waals surface area contributed by atoms with Crippen LogP contribution in [-0.2, 0) is 9.22 Å². The van der Waals surface area contributed by atoms with Crippen LogP contribution >= 0.6 is 23.2 Å². The number of carbonyl (C=O) groups excluding carboxylic acids is 1. The van der Waals surface area contributed by atoms with Crippen LogP contribution in [0.15, 0.2) is 0 Å². The largest absolute Gasteiger partial charge is 0.417 e. The molecule has 0 aliphatic heterocycles. The number of Topliss-reactive ketones (excluding diaryl/α,β-unsaturated/α-hetero) is 1. The predicted octanol–water partition coefficient (Wildman–Crippen LogP) is 5.97. The van der Waals surface area contributed by atoms with E-state index in [-0.39, 0.29) is 22.7 Å². The predicted molar refractivity (Wildman–Crippen MR) is 101 cm³/mol. The molecule has 0 spiro atoms. The molecule has 0 aromatic heterocycles. The zero-order valence-electron chi connectivity index (χ0n) is 15.3. The van der Waals surface area contributed by atoms with Gasteiger partial charge in [-0.05, 0) is 43.3 Å². The number of hydrogen-bond acceptors (Lipinski definition) is 2. The third kappa shape index (κ3) is 3.99. The van der Waals surface area contributed by atoms with E-state index in [1.807, 2.05) is 0 Å². The molecule has 134 valence electrons. The lowest BCUT2D eigenvalue weighted by Crippen LogP contribution is -2.55. The van der Waals surface area contributed by atoms with Crippen LogP contribution in [-0.4, -0.2) is 25.0 Å². The van der Waals surface area contributed by atoms with Crippen molar-refractivity contribution in [3.05, 3.63) is 0 Å². The number of hydrogen-bond donors (Lipinski definition) is 0. The SMILES string of the molecule is CC(C)(C)[Si](C)(C)OCCCCCC1CCC2C(=O)C(Cl)(Cl)C12. The maximum Gasteiger partial charge on any atom is 0.191 e. The molecule has 2 fully saturated rings. The molecule has 2 aliphatic carbocycles. The van der Waals surface area contributed by atoms with E-state index in [0.717, 1.165) is 32.3 Å². The van der Waals surface area contributed by atoms with E-state index in [0.29, 0.717) is 5.92 Å². The lowest BCUT2D eigenvalue weighted by atomic mass is 9.69. The monoisotopic (exact) mass is 378 g/mol. The summed E-state index contributed by atoms with van der Waals surface area (Å²) in [7, 11) is -1.60. The van der Waals surface area contributed by atoms with E-state index < -0.39 is 12.7 Å². The Morgan fingerprint density at radius 3 is 2.43 bits per heavy atom. The average molecular weight is 379 g/mol. The smallest absolute Gasteiger partial charge is 0.191 e. The van der Waals surface area contributed by atoms with Gasteiger partial charge in [0.15, 0.2) is 18.4 Å². The van der Waals surface area contributed by atoms with Crippen molar-refractivity contribution in [3.63, 3.8) is 0 Å². The number of alkyl halides is 2. The van der Waals surface area contributed by atoms with Crippen LogP contribution in [0, 0.1) is 17.8 Å². The van der Waals surface area contributed by atoms with Gasteiger partial charge in [0.05, 0.1) is 0 Å². The molecule has 0 amide bonds. The summed E-state index contributed by atoms with van der Waals surface area (Å²) in [5.74, 6) is 0.962. The molecule has 5 heteroatoms. The van der Waals surface area contributed by atoms with Crippen LogP contribution in [0.3, 0.4) is 0 Å². The van der Waals surface area contributed by atoms with Crippen molar-refractivity contribution in [2.75, 3.05) is 6.61 Å². The standard InChI is InChI=1S/C18H32Cl2O2Si/c1-17(2,3)23(4,5)22-12-8-6-7-9-13-10-11-14-15(13)18(19,20)16(14)21/h13-15H,6-12H2,1-5H3. The summed E-state index contributed by atoms with van der Waals surface area (Å²) >= 11 is 12.4. The van der Waals surface area contributed by atoms with Gasteiger partial charge < -0.3 is 4.43 Å². The number of carbonyl (C=O) groups is 1. The van der Waals surface area contributed by atoms with E-state index >= 15 is 0 Å². The fourth-order valence-corrected chi connectivity index (χ4v) is 5.82. The van der Waals surface area contributed by atoms with E-state index in [2.05, 4.69) is 33.9 Å². The third-order valence-electron chi connectivity index (χ3n) is 6.36. The minimum Gasteiger partial charge on any atom is -0.417 e. The molecule has 3 atom stereocenters. The fourth-order valence-electron chi connectivity index (χ4n) is 3.79. The molecule has 2 aliphatic rings. The highest BCUT2D eigenvalue weighted by atomic mass is 35.5. The molecule has 2 rings (SSSR count). The van der Waals surface area contributed by atoms with Crippen LogP contribution in [0.1, 0.15) is 59.3 Å². The Bertz CT molecular complexity index is 443. The quantitative estimate of drug-likeness (QED) is 0.310. The van der Waals surface area contributed by atoms with Crippen LogP contribution in [0.4, 0.5) is 0 Å². The lowest BCUT2D eigenvalue weighted by molar-refractivity contribution is -0.135. The molecule has 23 heavy (non-hydrogen) atoms. The third-order valence-corrected chi connectivity index (χ3v) is 11.8. The van der Waals surface area contributed by atoms with E-state index in [9.17, 15) is 4.79 Å². The van der Waals surface area contributed by atoms with Gasteiger partial charge in [-0.25, -0.2) is 0 Å². The Morgan fingerprint density at radius 1 is 1.17 bits per heavy atom. The molecule has 0 bridgehead atoms. The minimum absolute atomic E-state index is 0.0658. The lowest BCUT2D eigenvalue weighted by Gasteiger charge is -2.44. The van der Waals surface area contributed by atoms with Crippen molar-refractivity contribution in [1.82, 2.24) is 0 Å². The van der Waals surface area contributed by atoms with Gasteiger partial charge >= 0.3 is 0 Å². The number of halogens is 2. The number of fused-ring (bicyclic) bond motifs is 1. The van der Waals surface area contributed by atoms with Gasteiger partial charge in [0.25, 0.3) is 0 Å². The number of rotatable bonds is 7. The Morgan fingerprint density at radius 2 is 1.83 bits per heavy atom. The minimum atomic E-state index is -1.60. The molecule has 0 N–H and O–H groups in total. The second kappa shape index (κ2) is 6.97. The Labute approximate surface area is 152 Å². The van der Waals surface area contributed by atoms with Crippen LogP contribution in [0.5, 0.6) is 0 Å². The van der Waals surface area contributed by atoms with Gasteiger partial charge in [-0.1, -0.05) is 63.2 Å². The Balaban J connectivity index is 1.63. The molecular formula is C18H32Cl2O2Si. The molecule has 0 aromatic rings. The van der Waals surface area contributed by atoms with Crippen molar-refractivity contribution in [3.8, 4) is 0 Å². The highest BCUT2D eigenvalue weighted by Crippen LogP contribution is 2.60. The zero-order valence-corrected chi connectivity index (χ0v) is 17.8. The van der Waals surface area contributed by atoms with Gasteiger partial charge in [0.2, 0.25) is 0 Å². The maximum atomic E-state index is 11.8. The summed E-state index contributed by atoms with van der Waals surface area (Å²) in [4.78, 5) is 11.8. The van der Waals surface area contributed by atoms with E-state index in [1.165, 1.54) is 12.8 Å². The summed E-state index contributed by atoms with van der Waals surface area (Å²) in [5, 5.41) is 0.284. The first kappa shape index (κ1) is 19.7. The topological polar surface area (TPSA) is 26.3 Å². The van der Waals surface area contributed by atoms with Crippen LogP contribution < -0.4 is 0 Å². The van der Waals surface area contributed by atoms with Crippen molar-refractivity contribution in [1.29, 1.82) is 0 Å². The first-order valence-corrected chi connectivity index (χ1v) is 12.7. The molecule has 3 unspecified atom stereocenters.